The van der Waals surface area contributed by atoms with E-state index in [4.69, 9.17) is 0 Å². The number of hydrogen-bond acceptors (Lipinski definition) is 2. The summed E-state index contributed by atoms with van der Waals surface area (Å²) in [5.41, 5.74) is 3.71. The Bertz CT molecular complexity index is 510. The molecule has 0 bridgehead atoms. The van der Waals surface area contributed by atoms with E-state index in [-0.39, 0.29) is 0 Å². The Morgan fingerprint density at radius 3 is 2.84 bits per heavy atom. The normalized spacial score (nSPS) is 11.1. The van der Waals surface area contributed by atoms with Crippen molar-refractivity contribution >= 4 is 0 Å². The van der Waals surface area contributed by atoms with Gasteiger partial charge in [-0.05, 0) is 51.9 Å². The van der Waals surface area contributed by atoms with E-state index < -0.39 is 0 Å². The van der Waals surface area contributed by atoms with E-state index in [2.05, 4.69) is 57.9 Å². The zero-order valence-corrected chi connectivity index (χ0v) is 12.2. The van der Waals surface area contributed by atoms with Gasteiger partial charge in [0.2, 0.25) is 0 Å². The van der Waals surface area contributed by atoms with Gasteiger partial charge >= 0.3 is 0 Å². The second-order valence-electron chi connectivity index (χ2n) is 4.97. The third-order valence-electron chi connectivity index (χ3n) is 3.40. The lowest BCUT2D eigenvalue weighted by Gasteiger charge is -2.08. The minimum absolute atomic E-state index is 0.942. The van der Waals surface area contributed by atoms with Crippen molar-refractivity contribution in [2.24, 2.45) is 0 Å². The monoisotopic (exact) mass is 260 g/mol. The van der Waals surface area contributed by atoms with Crippen LogP contribution in [0.4, 0.5) is 0 Å². The van der Waals surface area contributed by atoms with Crippen molar-refractivity contribution in [3.8, 4) is 0 Å². The first-order chi connectivity index (χ1) is 9.20. The maximum atomic E-state index is 4.47. The maximum absolute atomic E-state index is 4.47. The Morgan fingerprint density at radius 1 is 1.32 bits per heavy atom. The SMILES string of the molecule is CCn1cccc1CNCCCn1nc(C)cc1C. The number of hydrogen-bond donors (Lipinski definition) is 1. The van der Waals surface area contributed by atoms with E-state index in [0.717, 1.165) is 38.3 Å². The van der Waals surface area contributed by atoms with Gasteiger partial charge in [-0.1, -0.05) is 0 Å². The van der Waals surface area contributed by atoms with Crippen LogP contribution in [0.2, 0.25) is 0 Å². The lowest BCUT2D eigenvalue weighted by Crippen LogP contribution is -2.19. The molecule has 0 atom stereocenters. The van der Waals surface area contributed by atoms with Crippen LogP contribution in [0.5, 0.6) is 0 Å². The van der Waals surface area contributed by atoms with Crippen LogP contribution in [0, 0.1) is 13.8 Å². The first-order valence-corrected chi connectivity index (χ1v) is 7.06. The number of rotatable bonds is 7. The molecule has 4 heteroatoms. The number of nitrogens with zero attached hydrogens (tertiary/aromatic N) is 3. The number of nitrogens with one attached hydrogen (secondary N) is 1. The fourth-order valence-electron chi connectivity index (χ4n) is 2.39. The van der Waals surface area contributed by atoms with Crippen molar-refractivity contribution in [1.29, 1.82) is 0 Å². The summed E-state index contributed by atoms with van der Waals surface area (Å²) in [4.78, 5) is 0. The molecule has 0 aliphatic rings. The predicted molar refractivity (Wildman–Crippen MR) is 78.1 cm³/mol. The molecular weight excluding hydrogens is 236 g/mol. The van der Waals surface area contributed by atoms with Gasteiger partial charge in [-0.3, -0.25) is 4.68 Å². The van der Waals surface area contributed by atoms with Gasteiger partial charge in [0.25, 0.3) is 0 Å². The van der Waals surface area contributed by atoms with Crippen molar-refractivity contribution in [2.45, 2.75) is 46.8 Å². The lowest BCUT2D eigenvalue weighted by molar-refractivity contribution is 0.525. The maximum Gasteiger partial charge on any atom is 0.0596 e. The Morgan fingerprint density at radius 2 is 2.16 bits per heavy atom. The van der Waals surface area contributed by atoms with Crippen LogP contribution < -0.4 is 5.32 Å². The Hall–Kier alpha value is -1.55. The first kappa shape index (κ1) is 13.9. The molecule has 0 fully saturated rings. The highest BCUT2D eigenvalue weighted by molar-refractivity contribution is 5.07. The Kier molecular flexibility index (Phi) is 4.80. The Labute approximate surface area is 115 Å². The van der Waals surface area contributed by atoms with Gasteiger partial charge < -0.3 is 9.88 Å². The summed E-state index contributed by atoms with van der Waals surface area (Å²) < 4.78 is 4.36. The van der Waals surface area contributed by atoms with E-state index in [9.17, 15) is 0 Å². The quantitative estimate of drug-likeness (QED) is 0.776. The fraction of sp³-hybridized carbons (Fsp3) is 0.533. The summed E-state index contributed by atoms with van der Waals surface area (Å²) in [6, 6.07) is 6.41. The smallest absolute Gasteiger partial charge is 0.0596 e. The molecule has 4 nitrogen and oxygen atoms in total. The molecule has 19 heavy (non-hydrogen) atoms. The third kappa shape index (κ3) is 3.70. The average Bonchev–Trinajstić information content (AvgIpc) is 2.95. The van der Waals surface area contributed by atoms with E-state index in [1.54, 1.807) is 0 Å². The summed E-state index contributed by atoms with van der Waals surface area (Å²) >= 11 is 0. The van der Waals surface area contributed by atoms with Crippen LogP contribution >= 0.6 is 0 Å². The fourth-order valence-corrected chi connectivity index (χ4v) is 2.39. The molecule has 0 radical (unpaired) electrons. The van der Waals surface area contributed by atoms with Crippen molar-refractivity contribution in [3.63, 3.8) is 0 Å². The van der Waals surface area contributed by atoms with Gasteiger partial charge in [0, 0.05) is 37.2 Å². The molecule has 0 spiro atoms. The van der Waals surface area contributed by atoms with Crippen LogP contribution in [0.1, 0.15) is 30.4 Å². The molecule has 104 valence electrons. The summed E-state index contributed by atoms with van der Waals surface area (Å²) in [7, 11) is 0. The standard InChI is InChI=1S/C15H24N4/c1-4-18-9-5-7-15(18)12-16-8-6-10-19-14(3)11-13(2)17-19/h5,7,9,11,16H,4,6,8,10,12H2,1-3H3. The minimum atomic E-state index is 0.942. The van der Waals surface area contributed by atoms with Gasteiger partial charge in [-0.2, -0.15) is 5.10 Å². The molecule has 2 rings (SSSR count). The zero-order valence-electron chi connectivity index (χ0n) is 12.2. The van der Waals surface area contributed by atoms with Gasteiger partial charge in [-0.15, -0.1) is 0 Å². The molecule has 0 saturated carbocycles. The second kappa shape index (κ2) is 6.57. The second-order valence-corrected chi connectivity index (χ2v) is 4.97. The summed E-state index contributed by atoms with van der Waals surface area (Å²) in [5.74, 6) is 0. The van der Waals surface area contributed by atoms with Crippen LogP contribution in [0.3, 0.4) is 0 Å². The number of aryl methyl sites for hydroxylation is 4. The summed E-state index contributed by atoms with van der Waals surface area (Å²) in [6.07, 6.45) is 3.24. The van der Waals surface area contributed by atoms with E-state index in [1.807, 2.05) is 6.92 Å². The molecule has 0 aliphatic carbocycles. The van der Waals surface area contributed by atoms with Crippen molar-refractivity contribution in [1.82, 2.24) is 19.7 Å². The van der Waals surface area contributed by atoms with E-state index in [1.165, 1.54) is 11.4 Å². The average molecular weight is 260 g/mol. The van der Waals surface area contributed by atoms with Crippen molar-refractivity contribution in [3.05, 3.63) is 41.5 Å². The summed E-state index contributed by atoms with van der Waals surface area (Å²) in [5, 5.41) is 7.97. The highest BCUT2D eigenvalue weighted by atomic mass is 15.3. The van der Waals surface area contributed by atoms with Crippen LogP contribution in [0.15, 0.2) is 24.4 Å². The Balaban J connectivity index is 1.69. The molecule has 2 aromatic rings. The van der Waals surface area contributed by atoms with Gasteiger partial charge in [-0.25, -0.2) is 0 Å². The zero-order chi connectivity index (χ0) is 13.7. The van der Waals surface area contributed by atoms with Gasteiger partial charge in [0.05, 0.1) is 5.69 Å². The predicted octanol–water partition coefficient (Wildman–Crippen LogP) is 2.50. The minimum Gasteiger partial charge on any atom is -0.351 e. The third-order valence-corrected chi connectivity index (χ3v) is 3.40. The van der Waals surface area contributed by atoms with Gasteiger partial charge in [0.1, 0.15) is 0 Å². The lowest BCUT2D eigenvalue weighted by atomic mass is 10.3. The van der Waals surface area contributed by atoms with Crippen molar-refractivity contribution in [2.75, 3.05) is 6.54 Å². The van der Waals surface area contributed by atoms with Gasteiger partial charge in [0.15, 0.2) is 0 Å². The van der Waals surface area contributed by atoms with Crippen LogP contribution in [-0.4, -0.2) is 20.9 Å². The number of aromatic nitrogens is 3. The molecular formula is C15H24N4. The molecule has 0 amide bonds. The molecule has 1 N–H and O–H groups in total. The molecule has 2 aromatic heterocycles. The molecule has 0 unspecified atom stereocenters. The molecule has 2 heterocycles. The van der Waals surface area contributed by atoms with Crippen molar-refractivity contribution < 1.29 is 0 Å². The highest BCUT2D eigenvalue weighted by Gasteiger charge is 2.01. The van der Waals surface area contributed by atoms with E-state index in [0.29, 0.717) is 0 Å². The molecule has 0 aromatic carbocycles. The largest absolute Gasteiger partial charge is 0.351 e. The molecule has 0 aliphatic heterocycles. The summed E-state index contributed by atoms with van der Waals surface area (Å²) in [6.45, 7) is 10.3. The topological polar surface area (TPSA) is 34.8 Å². The first-order valence-electron chi connectivity index (χ1n) is 7.06. The van der Waals surface area contributed by atoms with Crippen LogP contribution in [0.25, 0.3) is 0 Å². The highest BCUT2D eigenvalue weighted by Crippen LogP contribution is 2.03. The van der Waals surface area contributed by atoms with Crippen LogP contribution in [-0.2, 0) is 19.6 Å². The molecule has 0 saturated heterocycles. The van der Waals surface area contributed by atoms with E-state index >= 15 is 0 Å².